The molecule has 0 radical (unpaired) electrons. The Morgan fingerprint density at radius 1 is 0.871 bits per heavy atom. The van der Waals surface area contributed by atoms with Crippen molar-refractivity contribution < 1.29 is 40.1 Å². The minimum atomic E-state index is -4.73. The monoisotopic (exact) mass is 450 g/mol. The largest absolute Gasteiger partial charge is 0.493 e. The fourth-order valence-corrected chi connectivity index (χ4v) is 2.79. The molecule has 0 unspecified atom stereocenters. The Morgan fingerprint density at radius 3 is 2.10 bits per heavy atom. The SMILES string of the molecule is Cc1cc(-c2noc(C(F)(F)F)n2)cc(C)c1OCCCCc1nc(C(F)(F)F)no1. The second kappa shape index (κ2) is 8.55. The quantitative estimate of drug-likeness (QED) is 0.362. The van der Waals surface area contributed by atoms with E-state index < -0.39 is 24.1 Å². The summed E-state index contributed by atoms with van der Waals surface area (Å²) < 4.78 is 89.7. The molecule has 0 saturated carbocycles. The zero-order valence-electron chi connectivity index (χ0n) is 16.3. The second-order valence-electron chi connectivity index (χ2n) is 6.68. The van der Waals surface area contributed by atoms with E-state index in [2.05, 4.69) is 29.3 Å². The van der Waals surface area contributed by atoms with Crippen LogP contribution in [0.5, 0.6) is 5.75 Å². The third kappa shape index (κ3) is 5.52. The molecular formula is C18H16F6N4O3. The first kappa shape index (κ1) is 22.6. The molecule has 0 N–H and O–H groups in total. The minimum absolute atomic E-state index is 0.109. The lowest BCUT2D eigenvalue weighted by atomic mass is 10.1. The molecule has 13 heteroatoms. The molecule has 0 aliphatic rings. The van der Waals surface area contributed by atoms with Crippen molar-refractivity contribution in [3.63, 3.8) is 0 Å². The lowest BCUT2D eigenvalue weighted by Gasteiger charge is -2.13. The van der Waals surface area contributed by atoms with Crippen LogP contribution >= 0.6 is 0 Å². The number of unbranched alkanes of at least 4 members (excludes halogenated alkanes) is 1. The standard InChI is InChI=1S/C18H16F6N4O3/c1-9-7-11(14-26-16(31-27-14)18(22,23)24)8-10(2)13(9)29-6-4-3-5-12-25-15(28-30-12)17(19,20)21/h7-8H,3-6H2,1-2H3. The Morgan fingerprint density at radius 2 is 1.55 bits per heavy atom. The Hall–Kier alpha value is -3.12. The van der Waals surface area contributed by atoms with Crippen LogP contribution in [0.25, 0.3) is 11.4 Å². The number of aromatic nitrogens is 4. The Labute approximate surface area is 171 Å². The molecule has 0 aliphatic heterocycles. The number of halogens is 6. The second-order valence-corrected chi connectivity index (χ2v) is 6.68. The van der Waals surface area contributed by atoms with Gasteiger partial charge in [-0.3, -0.25) is 0 Å². The van der Waals surface area contributed by atoms with Crippen LogP contribution in [0, 0.1) is 13.8 Å². The number of aryl methyl sites for hydroxylation is 3. The van der Waals surface area contributed by atoms with Gasteiger partial charge in [-0.2, -0.15) is 36.3 Å². The summed E-state index contributed by atoms with van der Waals surface area (Å²) in [5.74, 6) is -2.50. The molecule has 31 heavy (non-hydrogen) atoms. The molecule has 0 spiro atoms. The maximum Gasteiger partial charge on any atom is 0.471 e. The van der Waals surface area contributed by atoms with Crippen molar-refractivity contribution >= 4 is 0 Å². The molecular weight excluding hydrogens is 434 g/mol. The van der Waals surface area contributed by atoms with Gasteiger partial charge in [-0.05, 0) is 49.9 Å². The van der Waals surface area contributed by atoms with Gasteiger partial charge < -0.3 is 13.8 Å². The number of alkyl halides is 6. The molecule has 7 nitrogen and oxygen atoms in total. The average Bonchev–Trinajstić information content (AvgIpc) is 3.32. The van der Waals surface area contributed by atoms with Gasteiger partial charge in [0.2, 0.25) is 11.7 Å². The molecule has 0 atom stereocenters. The summed E-state index contributed by atoms with van der Waals surface area (Å²) in [6, 6.07) is 3.15. The van der Waals surface area contributed by atoms with Gasteiger partial charge in [-0.1, -0.05) is 10.3 Å². The van der Waals surface area contributed by atoms with Crippen molar-refractivity contribution in [3.8, 4) is 17.1 Å². The Balaban J connectivity index is 1.55. The van der Waals surface area contributed by atoms with Crippen LogP contribution in [0.2, 0.25) is 0 Å². The van der Waals surface area contributed by atoms with Crippen molar-refractivity contribution in [2.24, 2.45) is 0 Å². The lowest BCUT2D eigenvalue weighted by molar-refractivity contribution is -0.159. The highest BCUT2D eigenvalue weighted by molar-refractivity contribution is 5.61. The Kier molecular flexibility index (Phi) is 6.23. The number of rotatable bonds is 7. The summed E-state index contributed by atoms with van der Waals surface area (Å²) >= 11 is 0. The van der Waals surface area contributed by atoms with Crippen LogP contribution in [-0.4, -0.2) is 26.9 Å². The summed E-state index contributed by atoms with van der Waals surface area (Å²) in [4.78, 5) is 6.65. The van der Waals surface area contributed by atoms with Crippen LogP contribution in [0.1, 0.15) is 41.6 Å². The fraction of sp³-hybridized carbons (Fsp3) is 0.444. The highest BCUT2D eigenvalue weighted by Crippen LogP contribution is 2.32. The van der Waals surface area contributed by atoms with E-state index in [9.17, 15) is 26.3 Å². The maximum absolute atomic E-state index is 12.6. The average molecular weight is 450 g/mol. The number of benzene rings is 1. The highest BCUT2D eigenvalue weighted by Gasteiger charge is 2.39. The molecule has 3 aromatic rings. The van der Waals surface area contributed by atoms with Crippen LogP contribution in [0.4, 0.5) is 26.3 Å². The van der Waals surface area contributed by atoms with E-state index in [1.807, 2.05) is 0 Å². The first-order valence-corrected chi connectivity index (χ1v) is 9.00. The number of ether oxygens (including phenoxy) is 1. The van der Waals surface area contributed by atoms with Gasteiger partial charge in [0.15, 0.2) is 0 Å². The molecule has 0 aliphatic carbocycles. The van der Waals surface area contributed by atoms with Gasteiger partial charge in [0.1, 0.15) is 5.75 Å². The fourth-order valence-electron chi connectivity index (χ4n) is 2.79. The number of hydrogen-bond donors (Lipinski definition) is 0. The van der Waals surface area contributed by atoms with Crippen molar-refractivity contribution in [1.82, 2.24) is 20.3 Å². The molecule has 2 heterocycles. The van der Waals surface area contributed by atoms with E-state index in [4.69, 9.17) is 4.74 Å². The molecule has 168 valence electrons. The van der Waals surface area contributed by atoms with Gasteiger partial charge in [0.05, 0.1) is 6.61 Å². The summed E-state index contributed by atoms with van der Waals surface area (Å²) in [5, 5.41) is 6.24. The molecule has 3 rings (SSSR count). The van der Waals surface area contributed by atoms with E-state index in [1.54, 1.807) is 26.0 Å². The summed E-state index contributed by atoms with van der Waals surface area (Å²) in [5.41, 5.74) is 1.65. The van der Waals surface area contributed by atoms with Crippen LogP contribution in [-0.2, 0) is 18.8 Å². The molecule has 1 aromatic carbocycles. The predicted molar refractivity (Wildman–Crippen MR) is 91.9 cm³/mol. The van der Waals surface area contributed by atoms with Crippen LogP contribution < -0.4 is 4.74 Å². The van der Waals surface area contributed by atoms with Crippen LogP contribution in [0.3, 0.4) is 0 Å². The first-order valence-electron chi connectivity index (χ1n) is 9.00. The number of nitrogens with zero attached hydrogens (tertiary/aromatic N) is 4. The summed E-state index contributed by atoms with van der Waals surface area (Å²) in [6.07, 6.45) is -8.25. The van der Waals surface area contributed by atoms with E-state index in [1.165, 1.54) is 0 Å². The lowest BCUT2D eigenvalue weighted by Crippen LogP contribution is -2.07. The zero-order valence-corrected chi connectivity index (χ0v) is 16.3. The van der Waals surface area contributed by atoms with Crippen molar-refractivity contribution in [3.05, 3.63) is 40.9 Å². The summed E-state index contributed by atoms with van der Waals surface area (Å²) in [7, 11) is 0. The first-order chi connectivity index (χ1) is 14.4. The van der Waals surface area contributed by atoms with Crippen molar-refractivity contribution in [1.29, 1.82) is 0 Å². The van der Waals surface area contributed by atoms with Crippen molar-refractivity contribution in [2.45, 2.75) is 45.5 Å². The number of hydrogen-bond acceptors (Lipinski definition) is 7. The van der Waals surface area contributed by atoms with E-state index in [0.29, 0.717) is 35.3 Å². The van der Waals surface area contributed by atoms with Gasteiger partial charge in [-0.25, -0.2) is 0 Å². The summed E-state index contributed by atoms with van der Waals surface area (Å²) in [6.45, 7) is 3.70. The molecule has 0 amide bonds. The van der Waals surface area contributed by atoms with E-state index in [0.717, 1.165) is 0 Å². The normalized spacial score (nSPS) is 12.4. The molecule has 0 bridgehead atoms. The van der Waals surface area contributed by atoms with Crippen molar-refractivity contribution in [2.75, 3.05) is 6.61 Å². The third-order valence-corrected chi connectivity index (χ3v) is 4.14. The predicted octanol–water partition coefficient (Wildman–Crippen LogP) is 5.18. The molecule has 0 saturated heterocycles. The minimum Gasteiger partial charge on any atom is -0.493 e. The van der Waals surface area contributed by atoms with Gasteiger partial charge in [-0.15, -0.1) is 0 Å². The highest BCUT2D eigenvalue weighted by atomic mass is 19.4. The Bertz CT molecular complexity index is 1020. The smallest absolute Gasteiger partial charge is 0.471 e. The van der Waals surface area contributed by atoms with Crippen LogP contribution in [0.15, 0.2) is 21.2 Å². The van der Waals surface area contributed by atoms with E-state index in [-0.39, 0.29) is 24.7 Å². The topological polar surface area (TPSA) is 87.1 Å². The molecule has 0 fully saturated rings. The third-order valence-electron chi connectivity index (χ3n) is 4.14. The van der Waals surface area contributed by atoms with Gasteiger partial charge >= 0.3 is 18.2 Å². The molecule has 2 aromatic heterocycles. The van der Waals surface area contributed by atoms with Gasteiger partial charge in [0, 0.05) is 12.0 Å². The zero-order chi connectivity index (χ0) is 22.8. The maximum atomic E-state index is 12.6. The van der Waals surface area contributed by atoms with E-state index >= 15 is 0 Å². The van der Waals surface area contributed by atoms with Gasteiger partial charge in [0.25, 0.3) is 5.82 Å².